The standard InChI is InChI=1S/C8H7ClN2O4S/c1-2-3-15-8(14)11-5-4(6(12)13)16-7(9)10-5/h2H,1,3H2,(H,11,14)(H,12,13). The van der Waals surface area contributed by atoms with E-state index in [0.717, 1.165) is 11.3 Å². The normalized spacial score (nSPS) is 9.56. The highest BCUT2D eigenvalue weighted by Crippen LogP contribution is 2.26. The van der Waals surface area contributed by atoms with Gasteiger partial charge in [-0.25, -0.2) is 14.6 Å². The maximum Gasteiger partial charge on any atom is 0.413 e. The Hall–Kier alpha value is -1.60. The fourth-order valence-electron chi connectivity index (χ4n) is 0.791. The topological polar surface area (TPSA) is 88.5 Å². The fraction of sp³-hybridized carbons (Fsp3) is 0.125. The number of hydrogen-bond donors (Lipinski definition) is 2. The molecule has 0 fully saturated rings. The molecule has 1 amide bonds. The van der Waals surface area contributed by atoms with Crippen LogP contribution in [0, 0.1) is 0 Å². The summed E-state index contributed by atoms with van der Waals surface area (Å²) in [6.07, 6.45) is 0.565. The molecule has 1 heterocycles. The highest BCUT2D eigenvalue weighted by molar-refractivity contribution is 7.18. The lowest BCUT2D eigenvalue weighted by Crippen LogP contribution is -2.15. The molecule has 16 heavy (non-hydrogen) atoms. The highest BCUT2D eigenvalue weighted by Gasteiger charge is 2.18. The lowest BCUT2D eigenvalue weighted by Gasteiger charge is -2.02. The number of nitrogens with zero attached hydrogens (tertiary/aromatic N) is 1. The fourth-order valence-corrected chi connectivity index (χ4v) is 1.69. The summed E-state index contributed by atoms with van der Waals surface area (Å²) in [5, 5.41) is 10.9. The number of carboxylic acid groups (broad SMARTS) is 1. The molecule has 1 aromatic heterocycles. The van der Waals surface area contributed by atoms with Crippen molar-refractivity contribution < 1.29 is 19.4 Å². The number of anilines is 1. The molecule has 0 aliphatic carbocycles. The van der Waals surface area contributed by atoms with E-state index in [0.29, 0.717) is 0 Å². The van der Waals surface area contributed by atoms with Crippen LogP contribution in [0.2, 0.25) is 4.47 Å². The lowest BCUT2D eigenvalue weighted by molar-refractivity contribution is 0.0703. The van der Waals surface area contributed by atoms with Crippen LogP contribution in [0.25, 0.3) is 0 Å². The number of halogens is 1. The van der Waals surface area contributed by atoms with E-state index in [1.54, 1.807) is 0 Å². The van der Waals surface area contributed by atoms with Gasteiger partial charge in [-0.05, 0) is 0 Å². The molecule has 2 N–H and O–H groups in total. The molecule has 0 saturated carbocycles. The predicted octanol–water partition coefficient (Wildman–Crippen LogP) is 2.23. The molecule has 1 rings (SSSR count). The molecule has 0 bridgehead atoms. The Kier molecular flexibility index (Phi) is 4.27. The zero-order valence-electron chi connectivity index (χ0n) is 7.90. The number of amides is 1. The Morgan fingerprint density at radius 3 is 2.94 bits per heavy atom. The summed E-state index contributed by atoms with van der Waals surface area (Å²) >= 11 is 6.29. The molecule has 0 unspecified atom stereocenters. The summed E-state index contributed by atoms with van der Waals surface area (Å²) in [6.45, 7) is 3.38. The number of thiazole rings is 1. The van der Waals surface area contributed by atoms with Gasteiger partial charge in [-0.1, -0.05) is 35.6 Å². The van der Waals surface area contributed by atoms with Crippen LogP contribution >= 0.6 is 22.9 Å². The number of aromatic nitrogens is 1. The Bertz CT molecular complexity index is 432. The molecule has 0 aliphatic heterocycles. The van der Waals surface area contributed by atoms with Crippen molar-refractivity contribution in [3.63, 3.8) is 0 Å². The van der Waals surface area contributed by atoms with Crippen molar-refractivity contribution in [3.05, 3.63) is 22.0 Å². The third-order valence-corrected chi connectivity index (χ3v) is 2.50. The molecule has 0 aromatic carbocycles. The van der Waals surface area contributed by atoms with Crippen molar-refractivity contribution in [1.29, 1.82) is 0 Å². The molecule has 0 saturated heterocycles. The van der Waals surface area contributed by atoms with Crippen molar-refractivity contribution in [2.24, 2.45) is 0 Å². The van der Waals surface area contributed by atoms with E-state index in [9.17, 15) is 9.59 Å². The van der Waals surface area contributed by atoms with Crippen molar-refractivity contribution in [2.75, 3.05) is 11.9 Å². The zero-order valence-corrected chi connectivity index (χ0v) is 9.47. The number of carbonyl (C=O) groups excluding carboxylic acids is 1. The first kappa shape index (κ1) is 12.5. The van der Waals surface area contributed by atoms with Crippen molar-refractivity contribution >= 4 is 40.8 Å². The summed E-state index contributed by atoms with van der Waals surface area (Å²) in [5.41, 5.74) is 0. The predicted molar refractivity (Wildman–Crippen MR) is 59.3 cm³/mol. The van der Waals surface area contributed by atoms with Crippen LogP contribution < -0.4 is 5.32 Å². The highest BCUT2D eigenvalue weighted by atomic mass is 35.5. The van der Waals surface area contributed by atoms with Gasteiger partial charge in [-0.15, -0.1) is 0 Å². The van der Waals surface area contributed by atoms with Gasteiger partial charge in [0.2, 0.25) is 0 Å². The number of carboxylic acids is 1. The largest absolute Gasteiger partial charge is 0.477 e. The van der Waals surface area contributed by atoms with Crippen LogP contribution in [0.4, 0.5) is 10.6 Å². The van der Waals surface area contributed by atoms with Crippen LogP contribution in [-0.2, 0) is 4.74 Å². The summed E-state index contributed by atoms with van der Waals surface area (Å²) < 4.78 is 4.62. The molecular formula is C8H7ClN2O4S. The number of hydrogen-bond acceptors (Lipinski definition) is 5. The van der Waals surface area contributed by atoms with Gasteiger partial charge in [0.05, 0.1) is 0 Å². The number of carbonyl (C=O) groups is 2. The number of nitrogens with one attached hydrogen (secondary N) is 1. The van der Waals surface area contributed by atoms with Crippen LogP contribution in [-0.4, -0.2) is 28.8 Å². The van der Waals surface area contributed by atoms with Crippen molar-refractivity contribution in [1.82, 2.24) is 4.98 Å². The van der Waals surface area contributed by atoms with Crippen molar-refractivity contribution in [3.8, 4) is 0 Å². The Labute approximate surface area is 99.5 Å². The van der Waals surface area contributed by atoms with Gasteiger partial charge in [0, 0.05) is 0 Å². The van der Waals surface area contributed by atoms with Crippen LogP contribution in [0.5, 0.6) is 0 Å². The first-order valence-corrected chi connectivity index (χ1v) is 5.18. The summed E-state index contributed by atoms with van der Waals surface area (Å²) in [4.78, 5) is 25.3. The number of aromatic carboxylic acids is 1. The first-order chi connectivity index (χ1) is 7.54. The first-order valence-electron chi connectivity index (χ1n) is 3.99. The van der Waals surface area contributed by atoms with Crippen LogP contribution in [0.1, 0.15) is 9.67 Å². The van der Waals surface area contributed by atoms with E-state index in [1.807, 2.05) is 0 Å². The smallest absolute Gasteiger partial charge is 0.413 e. The molecule has 0 atom stereocenters. The number of ether oxygens (including phenoxy) is 1. The minimum absolute atomic E-state index is 0.0199. The van der Waals surface area contributed by atoms with Gasteiger partial charge in [0.1, 0.15) is 6.61 Å². The van der Waals surface area contributed by atoms with Gasteiger partial charge < -0.3 is 9.84 Å². The third kappa shape index (κ3) is 3.21. The minimum Gasteiger partial charge on any atom is -0.477 e. The van der Waals surface area contributed by atoms with Gasteiger partial charge >= 0.3 is 12.1 Å². The Balaban J connectivity index is 2.76. The quantitative estimate of drug-likeness (QED) is 0.812. The van der Waals surface area contributed by atoms with E-state index in [1.165, 1.54) is 6.08 Å². The molecule has 0 spiro atoms. The molecule has 1 aromatic rings. The molecule has 0 radical (unpaired) electrons. The summed E-state index contributed by atoms with van der Waals surface area (Å²) in [6, 6.07) is 0. The van der Waals surface area contributed by atoms with E-state index < -0.39 is 12.1 Å². The summed E-state index contributed by atoms with van der Waals surface area (Å²) in [7, 11) is 0. The van der Waals surface area contributed by atoms with Crippen LogP contribution in [0.15, 0.2) is 12.7 Å². The monoisotopic (exact) mass is 262 g/mol. The SMILES string of the molecule is C=CCOC(=O)Nc1nc(Cl)sc1C(=O)O. The average Bonchev–Trinajstić information content (AvgIpc) is 2.56. The van der Waals surface area contributed by atoms with E-state index >= 15 is 0 Å². The second-order valence-corrected chi connectivity index (χ2v) is 4.04. The second kappa shape index (κ2) is 5.47. The van der Waals surface area contributed by atoms with Crippen molar-refractivity contribution in [2.45, 2.75) is 0 Å². The van der Waals surface area contributed by atoms with Gasteiger partial charge in [0.15, 0.2) is 15.2 Å². The van der Waals surface area contributed by atoms with Crippen LogP contribution in [0.3, 0.4) is 0 Å². The minimum atomic E-state index is -1.22. The molecular weight excluding hydrogens is 256 g/mol. The molecule has 8 heteroatoms. The maximum absolute atomic E-state index is 11.1. The van der Waals surface area contributed by atoms with E-state index in [2.05, 4.69) is 21.6 Å². The Morgan fingerprint density at radius 2 is 2.38 bits per heavy atom. The van der Waals surface area contributed by atoms with Gasteiger partial charge in [-0.3, -0.25) is 5.32 Å². The second-order valence-electron chi connectivity index (χ2n) is 2.46. The maximum atomic E-state index is 11.1. The Morgan fingerprint density at radius 1 is 1.69 bits per heavy atom. The summed E-state index contributed by atoms with van der Waals surface area (Å²) in [5.74, 6) is -1.35. The lowest BCUT2D eigenvalue weighted by atomic mass is 10.5. The van der Waals surface area contributed by atoms with Gasteiger partial charge in [0.25, 0.3) is 0 Å². The van der Waals surface area contributed by atoms with E-state index in [4.69, 9.17) is 16.7 Å². The van der Waals surface area contributed by atoms with Gasteiger partial charge in [-0.2, -0.15) is 0 Å². The third-order valence-electron chi connectivity index (χ3n) is 1.35. The zero-order chi connectivity index (χ0) is 12.1. The van der Waals surface area contributed by atoms with E-state index in [-0.39, 0.29) is 21.8 Å². The molecule has 6 nitrogen and oxygen atoms in total. The molecule has 86 valence electrons. The number of rotatable bonds is 4. The molecule has 0 aliphatic rings. The average molecular weight is 263 g/mol.